The molecule has 0 bridgehead atoms. The minimum Gasteiger partial charge on any atom is -0.724 e. The first kappa shape index (κ1) is 14.2. The van der Waals surface area contributed by atoms with Gasteiger partial charge >= 0.3 is 0 Å². The smallest absolute Gasteiger partial charge is 0.154 e. The molecule has 4 nitrogen and oxygen atoms in total. The van der Waals surface area contributed by atoms with Crippen molar-refractivity contribution in [3.05, 3.63) is 71.4 Å². The van der Waals surface area contributed by atoms with Crippen LogP contribution in [-0.2, 0) is 0 Å². The molecule has 0 aliphatic heterocycles. The standard InChI is InChI=1S/C18H16NO3/c1-13-3-4-15-12-16(6-5-14(15)11-13)19(20)22-18-9-7-17(21-2)8-10-18/h3-12H,1-2H3/q-1. The molecule has 0 amide bonds. The van der Waals surface area contributed by atoms with E-state index in [2.05, 4.69) is 6.07 Å². The molecule has 0 heterocycles. The second-order valence-electron chi connectivity index (χ2n) is 5.06. The van der Waals surface area contributed by atoms with Crippen LogP contribution in [0.1, 0.15) is 5.56 Å². The first-order valence-corrected chi connectivity index (χ1v) is 6.95. The van der Waals surface area contributed by atoms with Crippen LogP contribution in [0.4, 0.5) is 5.69 Å². The van der Waals surface area contributed by atoms with Gasteiger partial charge in [-0.3, -0.25) is 5.23 Å². The Morgan fingerprint density at radius 1 is 0.818 bits per heavy atom. The Morgan fingerprint density at radius 3 is 2.18 bits per heavy atom. The molecule has 0 unspecified atom stereocenters. The highest BCUT2D eigenvalue weighted by Gasteiger charge is 2.02. The van der Waals surface area contributed by atoms with Crippen molar-refractivity contribution in [1.29, 1.82) is 0 Å². The molecule has 0 saturated heterocycles. The molecule has 0 N–H and O–H groups in total. The van der Waals surface area contributed by atoms with Crippen LogP contribution in [0.25, 0.3) is 10.8 Å². The summed E-state index contributed by atoms with van der Waals surface area (Å²) in [7, 11) is 1.59. The molecule has 0 spiro atoms. The van der Waals surface area contributed by atoms with Crippen LogP contribution in [0, 0.1) is 12.1 Å². The average molecular weight is 294 g/mol. The molecule has 112 valence electrons. The summed E-state index contributed by atoms with van der Waals surface area (Å²) in [4.78, 5) is 5.29. The van der Waals surface area contributed by atoms with Gasteiger partial charge in [0.15, 0.2) is 5.75 Å². The maximum absolute atomic E-state index is 12.1. The van der Waals surface area contributed by atoms with E-state index in [1.807, 2.05) is 31.2 Å². The summed E-state index contributed by atoms with van der Waals surface area (Å²) in [6.07, 6.45) is 0. The molecule has 0 radical (unpaired) electrons. The predicted molar refractivity (Wildman–Crippen MR) is 88.2 cm³/mol. The molecule has 3 rings (SSSR count). The summed E-state index contributed by atoms with van der Waals surface area (Å²) >= 11 is 0. The van der Waals surface area contributed by atoms with E-state index in [9.17, 15) is 5.21 Å². The van der Waals surface area contributed by atoms with Gasteiger partial charge in [0.25, 0.3) is 0 Å². The Morgan fingerprint density at radius 2 is 1.45 bits per heavy atom. The van der Waals surface area contributed by atoms with Crippen LogP contribution in [0.5, 0.6) is 11.5 Å². The van der Waals surface area contributed by atoms with Crippen molar-refractivity contribution >= 4 is 16.5 Å². The summed E-state index contributed by atoms with van der Waals surface area (Å²) in [5.41, 5.74) is 1.64. The van der Waals surface area contributed by atoms with Crippen LogP contribution in [0.15, 0.2) is 60.7 Å². The topological polar surface area (TPSA) is 44.8 Å². The molecule has 0 fully saturated rings. The zero-order valence-electron chi connectivity index (χ0n) is 12.4. The monoisotopic (exact) mass is 294 g/mol. The van der Waals surface area contributed by atoms with Gasteiger partial charge in [-0.15, -0.1) is 0 Å². The maximum atomic E-state index is 12.1. The summed E-state index contributed by atoms with van der Waals surface area (Å²) in [5, 5.41) is 14.8. The molecule has 3 aromatic rings. The van der Waals surface area contributed by atoms with Crippen molar-refractivity contribution in [2.45, 2.75) is 6.92 Å². The Bertz CT molecular complexity index is 784. The normalized spacial score (nSPS) is 10.5. The van der Waals surface area contributed by atoms with Crippen LogP contribution in [0.2, 0.25) is 0 Å². The van der Waals surface area contributed by atoms with Crippen molar-refractivity contribution < 1.29 is 9.57 Å². The molecular weight excluding hydrogens is 278 g/mol. The molecule has 22 heavy (non-hydrogen) atoms. The fourth-order valence-corrected chi connectivity index (χ4v) is 2.25. The van der Waals surface area contributed by atoms with Crippen molar-refractivity contribution in [3.8, 4) is 11.5 Å². The van der Waals surface area contributed by atoms with Gasteiger partial charge in [0.05, 0.1) is 12.8 Å². The highest BCUT2D eigenvalue weighted by atomic mass is 16.9. The van der Waals surface area contributed by atoms with Crippen LogP contribution >= 0.6 is 0 Å². The lowest BCUT2D eigenvalue weighted by atomic mass is 10.1. The minimum absolute atomic E-state index is 0.451. The van der Waals surface area contributed by atoms with E-state index in [1.54, 1.807) is 37.4 Å². The lowest BCUT2D eigenvalue weighted by Crippen LogP contribution is -2.19. The maximum Gasteiger partial charge on any atom is 0.154 e. The number of rotatable bonds is 4. The number of hydrogen-bond donors (Lipinski definition) is 0. The third-order valence-electron chi connectivity index (χ3n) is 3.44. The summed E-state index contributed by atoms with van der Waals surface area (Å²) in [5.74, 6) is 1.17. The lowest BCUT2D eigenvalue weighted by molar-refractivity contribution is 0.319. The zero-order valence-corrected chi connectivity index (χ0v) is 12.4. The Balaban J connectivity index is 1.81. The Kier molecular flexibility index (Phi) is 3.85. The quantitative estimate of drug-likeness (QED) is 0.667. The van der Waals surface area contributed by atoms with Crippen LogP contribution in [0.3, 0.4) is 0 Å². The molecular formula is C18H16NO3-. The first-order chi connectivity index (χ1) is 10.7. The molecule has 0 atom stereocenters. The third kappa shape index (κ3) is 2.97. The van der Waals surface area contributed by atoms with E-state index >= 15 is 0 Å². The number of anilines is 1. The highest BCUT2D eigenvalue weighted by Crippen LogP contribution is 2.25. The van der Waals surface area contributed by atoms with Gasteiger partial charge in [-0.1, -0.05) is 29.8 Å². The summed E-state index contributed by atoms with van der Waals surface area (Å²) < 4.78 is 5.07. The number of fused-ring (bicyclic) bond motifs is 1. The van der Waals surface area contributed by atoms with E-state index in [1.165, 1.54) is 5.56 Å². The van der Waals surface area contributed by atoms with E-state index in [0.29, 0.717) is 22.4 Å². The fraction of sp³-hybridized carbons (Fsp3) is 0.111. The molecule has 0 aliphatic carbocycles. The van der Waals surface area contributed by atoms with Gasteiger partial charge in [0.1, 0.15) is 5.75 Å². The van der Waals surface area contributed by atoms with Gasteiger partial charge in [-0.2, -0.15) is 0 Å². The summed E-state index contributed by atoms with van der Waals surface area (Å²) in [6.45, 7) is 2.04. The van der Waals surface area contributed by atoms with Gasteiger partial charge in [0, 0.05) is 0 Å². The Labute approximate surface area is 129 Å². The minimum atomic E-state index is 0.451. The molecule has 0 aromatic heterocycles. The number of ether oxygens (including phenoxy) is 1. The largest absolute Gasteiger partial charge is 0.724 e. The zero-order chi connectivity index (χ0) is 15.5. The number of methoxy groups -OCH3 is 1. The highest BCUT2D eigenvalue weighted by molar-refractivity contribution is 5.86. The van der Waals surface area contributed by atoms with Gasteiger partial charge in [-0.05, 0) is 54.1 Å². The predicted octanol–water partition coefficient (Wildman–Crippen LogP) is 4.46. The average Bonchev–Trinajstić information content (AvgIpc) is 2.55. The fourth-order valence-electron chi connectivity index (χ4n) is 2.25. The number of hydrogen-bond acceptors (Lipinski definition) is 4. The second-order valence-corrected chi connectivity index (χ2v) is 5.06. The lowest BCUT2D eigenvalue weighted by Gasteiger charge is -2.29. The van der Waals surface area contributed by atoms with Gasteiger partial charge in [0.2, 0.25) is 0 Å². The van der Waals surface area contributed by atoms with E-state index in [0.717, 1.165) is 10.8 Å². The Hall–Kier alpha value is -2.72. The molecule has 0 aliphatic rings. The summed E-state index contributed by atoms with van der Waals surface area (Å²) in [6, 6.07) is 18.4. The van der Waals surface area contributed by atoms with Gasteiger partial charge in [-0.25, -0.2) is 0 Å². The van der Waals surface area contributed by atoms with Crippen molar-refractivity contribution in [1.82, 2.24) is 0 Å². The third-order valence-corrected chi connectivity index (χ3v) is 3.44. The van der Waals surface area contributed by atoms with Crippen LogP contribution in [-0.4, -0.2) is 7.11 Å². The second kappa shape index (κ2) is 5.95. The first-order valence-electron chi connectivity index (χ1n) is 6.95. The SMILES string of the molecule is COc1ccc(ON([O-])c2ccc3cc(C)ccc3c2)cc1. The van der Waals surface area contributed by atoms with Crippen molar-refractivity contribution in [2.24, 2.45) is 0 Å². The number of nitrogens with zero attached hydrogens (tertiary/aromatic N) is 1. The van der Waals surface area contributed by atoms with E-state index in [-0.39, 0.29) is 0 Å². The van der Waals surface area contributed by atoms with Crippen molar-refractivity contribution in [2.75, 3.05) is 12.3 Å². The number of benzene rings is 3. The van der Waals surface area contributed by atoms with Gasteiger partial charge < -0.3 is 14.8 Å². The molecule has 3 aromatic carbocycles. The molecule has 4 heteroatoms. The van der Waals surface area contributed by atoms with E-state index in [4.69, 9.17) is 9.57 Å². The van der Waals surface area contributed by atoms with E-state index < -0.39 is 0 Å². The van der Waals surface area contributed by atoms with Crippen LogP contribution < -0.4 is 14.8 Å². The van der Waals surface area contributed by atoms with Crippen molar-refractivity contribution in [3.63, 3.8) is 0 Å². The number of aryl methyl sites for hydroxylation is 1. The molecule has 0 saturated carbocycles.